The lowest BCUT2D eigenvalue weighted by Crippen LogP contribution is -2.31. The zero-order valence-electron chi connectivity index (χ0n) is 19.7. The van der Waals surface area contributed by atoms with Gasteiger partial charge in [-0.3, -0.25) is 5.43 Å². The van der Waals surface area contributed by atoms with Crippen molar-refractivity contribution in [2.75, 3.05) is 13.2 Å². The fourth-order valence-corrected chi connectivity index (χ4v) is 3.60. The topological polar surface area (TPSA) is 54.9 Å². The van der Waals surface area contributed by atoms with Gasteiger partial charge in [0.25, 0.3) is 0 Å². The van der Waals surface area contributed by atoms with Crippen LogP contribution in [0.1, 0.15) is 37.5 Å². The zero-order chi connectivity index (χ0) is 24.4. The van der Waals surface area contributed by atoms with Crippen molar-refractivity contribution in [1.29, 1.82) is 0 Å². The number of thiocarbonyl (C=S) groups is 1. The molecule has 0 fully saturated rings. The SMILES string of the molecule is CC(C)(C)c1ccc(OCCOc2ccc(Br)cc2C=NNC(=S)NCc2ccccc2)cc1. The maximum Gasteiger partial charge on any atom is 0.187 e. The summed E-state index contributed by atoms with van der Waals surface area (Å²) < 4.78 is 12.7. The maximum atomic E-state index is 5.94. The molecule has 0 unspecified atom stereocenters. The van der Waals surface area contributed by atoms with Crippen molar-refractivity contribution in [1.82, 2.24) is 10.7 Å². The first-order valence-corrected chi connectivity index (χ1v) is 12.3. The summed E-state index contributed by atoms with van der Waals surface area (Å²) in [6.45, 7) is 8.06. The van der Waals surface area contributed by atoms with E-state index in [1.165, 1.54) is 5.56 Å². The number of nitrogens with one attached hydrogen (secondary N) is 2. The highest BCUT2D eigenvalue weighted by Gasteiger charge is 2.13. The molecule has 3 rings (SSSR count). The van der Waals surface area contributed by atoms with Crippen molar-refractivity contribution < 1.29 is 9.47 Å². The summed E-state index contributed by atoms with van der Waals surface area (Å²) in [6, 6.07) is 24.0. The van der Waals surface area contributed by atoms with Gasteiger partial charge in [0.2, 0.25) is 0 Å². The lowest BCUT2D eigenvalue weighted by Gasteiger charge is -2.19. The first-order valence-electron chi connectivity index (χ1n) is 11.1. The Bertz CT molecular complexity index is 1100. The molecule has 0 aliphatic rings. The normalized spacial score (nSPS) is 11.3. The Kier molecular flexibility index (Phi) is 9.48. The number of hydrazone groups is 1. The van der Waals surface area contributed by atoms with Crippen LogP contribution >= 0.6 is 28.1 Å². The third kappa shape index (κ3) is 8.47. The van der Waals surface area contributed by atoms with E-state index < -0.39 is 0 Å². The summed E-state index contributed by atoms with van der Waals surface area (Å²) in [5.74, 6) is 1.54. The molecule has 0 heterocycles. The average Bonchev–Trinajstić information content (AvgIpc) is 2.82. The van der Waals surface area contributed by atoms with Crippen LogP contribution in [0, 0.1) is 0 Å². The van der Waals surface area contributed by atoms with E-state index in [1.807, 2.05) is 60.7 Å². The quantitative estimate of drug-likeness (QED) is 0.147. The molecule has 2 N–H and O–H groups in total. The summed E-state index contributed by atoms with van der Waals surface area (Å²) >= 11 is 8.79. The van der Waals surface area contributed by atoms with Crippen molar-refractivity contribution in [2.24, 2.45) is 5.10 Å². The van der Waals surface area contributed by atoms with Crippen LogP contribution in [-0.4, -0.2) is 24.5 Å². The zero-order valence-corrected chi connectivity index (χ0v) is 22.1. The van der Waals surface area contributed by atoms with Crippen molar-refractivity contribution >= 4 is 39.5 Å². The minimum absolute atomic E-state index is 0.123. The minimum atomic E-state index is 0.123. The van der Waals surface area contributed by atoms with Gasteiger partial charge in [-0.05, 0) is 59.1 Å². The Hall–Kier alpha value is -2.90. The number of nitrogens with zero attached hydrogens (tertiary/aromatic N) is 1. The molecule has 0 radical (unpaired) electrons. The molecule has 7 heteroatoms. The molecule has 0 saturated carbocycles. The fourth-order valence-electron chi connectivity index (χ4n) is 3.09. The third-order valence-electron chi connectivity index (χ3n) is 4.97. The number of rotatable bonds is 9. The van der Waals surface area contributed by atoms with Crippen molar-refractivity contribution in [2.45, 2.75) is 32.7 Å². The Balaban J connectivity index is 1.47. The van der Waals surface area contributed by atoms with E-state index in [-0.39, 0.29) is 5.41 Å². The standard InChI is InChI=1S/C27H30BrN3O2S/c1-27(2,3)22-9-12-24(13-10-22)32-15-16-33-25-14-11-23(28)17-21(25)19-30-31-26(34)29-18-20-7-5-4-6-8-20/h4-14,17,19H,15-16,18H2,1-3H3,(H2,29,31,34). The number of hydrogen-bond acceptors (Lipinski definition) is 4. The maximum absolute atomic E-state index is 5.94. The highest BCUT2D eigenvalue weighted by Crippen LogP contribution is 2.24. The summed E-state index contributed by atoms with van der Waals surface area (Å²) in [6.07, 6.45) is 1.68. The molecular formula is C27H30BrN3O2S. The van der Waals surface area contributed by atoms with E-state index in [4.69, 9.17) is 21.7 Å². The van der Waals surface area contributed by atoms with Crippen LogP contribution in [0.4, 0.5) is 0 Å². The van der Waals surface area contributed by atoms with Gasteiger partial charge in [0, 0.05) is 16.6 Å². The Morgan fingerprint density at radius 3 is 2.38 bits per heavy atom. The van der Waals surface area contributed by atoms with Gasteiger partial charge in [-0.2, -0.15) is 5.10 Å². The first-order chi connectivity index (χ1) is 16.3. The highest BCUT2D eigenvalue weighted by atomic mass is 79.9. The number of benzene rings is 3. The molecule has 0 aliphatic carbocycles. The molecule has 0 aromatic heterocycles. The fraction of sp³-hybridized carbons (Fsp3) is 0.259. The van der Waals surface area contributed by atoms with E-state index in [2.05, 4.69) is 64.7 Å². The summed E-state index contributed by atoms with van der Waals surface area (Å²) in [5.41, 5.74) is 6.21. The number of ether oxygens (including phenoxy) is 2. The predicted molar refractivity (Wildman–Crippen MR) is 147 cm³/mol. The van der Waals surface area contributed by atoms with E-state index in [0.29, 0.717) is 30.6 Å². The average molecular weight is 541 g/mol. The second-order valence-electron chi connectivity index (χ2n) is 8.69. The molecule has 0 amide bonds. The molecule has 0 aliphatic heterocycles. The largest absolute Gasteiger partial charge is 0.490 e. The van der Waals surface area contributed by atoms with Crippen LogP contribution < -0.4 is 20.2 Å². The Labute approximate surface area is 215 Å². The number of halogens is 1. The Morgan fingerprint density at radius 1 is 0.971 bits per heavy atom. The molecule has 34 heavy (non-hydrogen) atoms. The molecule has 0 spiro atoms. The monoisotopic (exact) mass is 539 g/mol. The summed E-state index contributed by atoms with van der Waals surface area (Å²) in [4.78, 5) is 0. The highest BCUT2D eigenvalue weighted by molar-refractivity contribution is 9.10. The third-order valence-corrected chi connectivity index (χ3v) is 5.70. The van der Waals surface area contributed by atoms with Crippen LogP contribution in [0.15, 0.2) is 82.4 Å². The molecule has 0 atom stereocenters. The summed E-state index contributed by atoms with van der Waals surface area (Å²) in [5, 5.41) is 7.83. The Morgan fingerprint density at radius 2 is 1.68 bits per heavy atom. The van der Waals surface area contributed by atoms with Crippen molar-refractivity contribution in [3.63, 3.8) is 0 Å². The van der Waals surface area contributed by atoms with Gasteiger partial charge >= 0.3 is 0 Å². The minimum Gasteiger partial charge on any atom is -0.490 e. The van der Waals surface area contributed by atoms with E-state index in [9.17, 15) is 0 Å². The van der Waals surface area contributed by atoms with Gasteiger partial charge in [0.15, 0.2) is 5.11 Å². The molecule has 5 nitrogen and oxygen atoms in total. The number of hydrogen-bond donors (Lipinski definition) is 2. The van der Waals surface area contributed by atoms with Gasteiger partial charge in [-0.25, -0.2) is 0 Å². The molecule has 0 bridgehead atoms. The van der Waals surface area contributed by atoms with Crippen LogP contribution in [0.3, 0.4) is 0 Å². The van der Waals surface area contributed by atoms with E-state index >= 15 is 0 Å². The lowest BCUT2D eigenvalue weighted by molar-refractivity contribution is 0.217. The second-order valence-corrected chi connectivity index (χ2v) is 10.0. The molecule has 178 valence electrons. The van der Waals surface area contributed by atoms with Gasteiger partial charge in [0.1, 0.15) is 24.7 Å². The van der Waals surface area contributed by atoms with Gasteiger partial charge in [0.05, 0.1) is 6.21 Å². The molecule has 3 aromatic carbocycles. The summed E-state index contributed by atoms with van der Waals surface area (Å²) in [7, 11) is 0. The molecular weight excluding hydrogens is 510 g/mol. The van der Waals surface area contributed by atoms with Gasteiger partial charge in [-0.1, -0.05) is 79.2 Å². The van der Waals surface area contributed by atoms with E-state index in [1.54, 1.807) is 6.21 Å². The van der Waals surface area contributed by atoms with Crippen molar-refractivity contribution in [3.8, 4) is 11.5 Å². The second kappa shape index (κ2) is 12.5. The van der Waals surface area contributed by atoms with Crippen LogP contribution in [0.25, 0.3) is 0 Å². The lowest BCUT2D eigenvalue weighted by atomic mass is 9.87. The van der Waals surface area contributed by atoms with Crippen LogP contribution in [-0.2, 0) is 12.0 Å². The molecule has 3 aromatic rings. The van der Waals surface area contributed by atoms with Gasteiger partial charge < -0.3 is 14.8 Å². The molecule has 0 saturated heterocycles. The van der Waals surface area contributed by atoms with E-state index in [0.717, 1.165) is 21.3 Å². The smallest absolute Gasteiger partial charge is 0.187 e. The van der Waals surface area contributed by atoms with Crippen LogP contribution in [0.5, 0.6) is 11.5 Å². The first kappa shape index (κ1) is 25.7. The van der Waals surface area contributed by atoms with Crippen molar-refractivity contribution in [3.05, 3.63) is 94.0 Å². The van der Waals surface area contributed by atoms with Crippen LogP contribution in [0.2, 0.25) is 0 Å². The van der Waals surface area contributed by atoms with Gasteiger partial charge in [-0.15, -0.1) is 0 Å². The predicted octanol–water partition coefficient (Wildman–Crippen LogP) is 6.20.